The van der Waals surface area contributed by atoms with E-state index in [2.05, 4.69) is 5.32 Å². The van der Waals surface area contributed by atoms with Crippen LogP contribution in [0.5, 0.6) is 0 Å². The Morgan fingerprint density at radius 3 is 2.60 bits per heavy atom. The van der Waals surface area contributed by atoms with Crippen LogP contribution < -0.4 is 5.32 Å². The molecule has 0 fully saturated rings. The van der Waals surface area contributed by atoms with Gasteiger partial charge in [0.15, 0.2) is 0 Å². The maximum atomic E-state index is 13.1. The maximum Gasteiger partial charge on any atom is 0.227 e. The first-order valence-electron chi connectivity index (χ1n) is 4.59. The van der Waals surface area contributed by atoms with Crippen LogP contribution in [0.25, 0.3) is 0 Å². The number of amides is 1. The van der Waals surface area contributed by atoms with Crippen LogP contribution in [0.3, 0.4) is 0 Å². The minimum absolute atomic E-state index is 0.110. The van der Waals surface area contributed by atoms with Gasteiger partial charge in [0.1, 0.15) is 11.6 Å². The minimum Gasteiger partial charge on any atom is -0.352 e. The molecule has 0 saturated heterocycles. The van der Waals surface area contributed by atoms with Crippen molar-refractivity contribution in [1.29, 1.82) is 0 Å². The molecule has 80 valence electrons. The zero-order valence-electron chi connectivity index (χ0n) is 8.42. The molecule has 0 aliphatic heterocycles. The van der Waals surface area contributed by atoms with Gasteiger partial charge in [-0.2, -0.15) is 0 Å². The van der Waals surface area contributed by atoms with Crippen molar-refractivity contribution in [1.82, 2.24) is 5.32 Å². The van der Waals surface area contributed by atoms with Crippen molar-refractivity contribution in [3.8, 4) is 0 Å². The molecule has 0 aliphatic rings. The zero-order chi connectivity index (χ0) is 11.3. The Morgan fingerprint density at radius 1 is 1.33 bits per heavy atom. The number of hydrogen-bond donors (Lipinski definition) is 1. The van der Waals surface area contributed by atoms with Gasteiger partial charge in [-0.05, 0) is 13.0 Å². The van der Waals surface area contributed by atoms with E-state index in [0.717, 1.165) is 0 Å². The van der Waals surface area contributed by atoms with Gasteiger partial charge in [0.25, 0.3) is 0 Å². The molecule has 15 heavy (non-hydrogen) atoms. The van der Waals surface area contributed by atoms with Crippen molar-refractivity contribution in [3.63, 3.8) is 0 Å². The Balaban J connectivity index is 2.47. The van der Waals surface area contributed by atoms with Crippen LogP contribution in [0.4, 0.5) is 4.39 Å². The summed E-state index contributed by atoms with van der Waals surface area (Å²) in [6.45, 7) is 1.45. The summed E-state index contributed by atoms with van der Waals surface area (Å²) in [5, 5.41) is 2.47. The zero-order valence-corrected chi connectivity index (χ0v) is 8.42. The highest BCUT2D eigenvalue weighted by atomic mass is 19.1. The largest absolute Gasteiger partial charge is 0.352 e. The van der Waals surface area contributed by atoms with E-state index in [0.29, 0.717) is 5.56 Å². The second-order valence-corrected chi connectivity index (χ2v) is 3.25. The summed E-state index contributed by atoms with van der Waals surface area (Å²) in [4.78, 5) is 21.7. The molecule has 0 aliphatic carbocycles. The molecule has 1 rings (SSSR count). The Hall–Kier alpha value is -1.71. The van der Waals surface area contributed by atoms with Gasteiger partial charge in [0, 0.05) is 12.1 Å². The van der Waals surface area contributed by atoms with Gasteiger partial charge in [0.05, 0.1) is 6.42 Å². The predicted octanol–water partition coefficient (Wildman–Crippen LogP) is 1.42. The number of benzene rings is 1. The minimum atomic E-state index is -0.384. The third-order valence-electron chi connectivity index (χ3n) is 1.84. The average Bonchev–Trinajstić information content (AvgIpc) is 2.15. The molecular formula is C11H12FNO2. The number of Topliss-reactive ketones (excluding diaryl/α,β-unsaturated/α-hetero) is 1. The van der Waals surface area contributed by atoms with Crippen LogP contribution in [0.1, 0.15) is 18.9 Å². The highest BCUT2D eigenvalue weighted by Crippen LogP contribution is 2.05. The number of carbonyl (C=O) groups is 2. The Morgan fingerprint density at radius 2 is 2.00 bits per heavy atom. The van der Waals surface area contributed by atoms with Crippen molar-refractivity contribution in [2.45, 2.75) is 19.9 Å². The summed E-state index contributed by atoms with van der Waals surface area (Å²) in [6.07, 6.45) is -0.158. The molecule has 0 atom stereocenters. The van der Waals surface area contributed by atoms with E-state index in [1.54, 1.807) is 18.2 Å². The highest BCUT2D eigenvalue weighted by molar-refractivity contribution is 5.96. The lowest BCUT2D eigenvalue weighted by Gasteiger charge is -2.04. The maximum absolute atomic E-state index is 13.1. The van der Waals surface area contributed by atoms with Gasteiger partial charge in [-0.1, -0.05) is 18.2 Å². The smallest absolute Gasteiger partial charge is 0.227 e. The first-order chi connectivity index (χ1) is 7.09. The molecule has 1 aromatic rings. The molecule has 0 unspecified atom stereocenters. The molecule has 4 heteroatoms. The molecule has 0 bridgehead atoms. The van der Waals surface area contributed by atoms with E-state index < -0.39 is 0 Å². The molecular weight excluding hydrogens is 197 g/mol. The highest BCUT2D eigenvalue weighted by Gasteiger charge is 2.06. The topological polar surface area (TPSA) is 46.2 Å². The number of ketones is 1. The molecule has 0 aromatic heterocycles. The van der Waals surface area contributed by atoms with Gasteiger partial charge in [-0.15, -0.1) is 0 Å². The van der Waals surface area contributed by atoms with Crippen molar-refractivity contribution in [2.75, 3.05) is 0 Å². The lowest BCUT2D eigenvalue weighted by Crippen LogP contribution is -2.24. The van der Waals surface area contributed by atoms with Gasteiger partial charge >= 0.3 is 0 Å². The second kappa shape index (κ2) is 5.24. The van der Waals surface area contributed by atoms with Crippen LogP contribution in [0.2, 0.25) is 0 Å². The number of hydrogen-bond acceptors (Lipinski definition) is 2. The fraction of sp³-hybridized carbons (Fsp3) is 0.273. The number of halogens is 1. The van der Waals surface area contributed by atoms with Crippen LogP contribution in [0.15, 0.2) is 24.3 Å². The third kappa shape index (κ3) is 3.89. The standard InChI is InChI=1S/C11H12FNO2/c1-8(14)6-11(15)13-7-9-4-2-3-5-10(9)12/h2-5H,6-7H2,1H3,(H,13,15). The van der Waals surface area contributed by atoms with Crippen molar-refractivity contribution in [2.24, 2.45) is 0 Å². The van der Waals surface area contributed by atoms with E-state index in [-0.39, 0.29) is 30.5 Å². The normalized spacial score (nSPS) is 9.73. The lowest BCUT2D eigenvalue weighted by molar-refractivity contribution is -0.127. The predicted molar refractivity (Wildman–Crippen MR) is 53.5 cm³/mol. The van der Waals surface area contributed by atoms with Gasteiger partial charge in [0.2, 0.25) is 5.91 Å². The van der Waals surface area contributed by atoms with E-state index in [1.807, 2.05) is 0 Å². The van der Waals surface area contributed by atoms with E-state index in [9.17, 15) is 14.0 Å². The number of rotatable bonds is 4. The summed E-state index contributed by atoms with van der Waals surface area (Å²) in [6, 6.07) is 6.18. The number of carbonyl (C=O) groups excluding carboxylic acids is 2. The third-order valence-corrected chi connectivity index (χ3v) is 1.84. The van der Waals surface area contributed by atoms with Gasteiger partial charge < -0.3 is 5.32 Å². The summed E-state index contributed by atoms with van der Waals surface area (Å²) in [7, 11) is 0. The summed E-state index contributed by atoms with van der Waals surface area (Å²) < 4.78 is 13.1. The van der Waals surface area contributed by atoms with Crippen LogP contribution in [-0.2, 0) is 16.1 Å². The van der Waals surface area contributed by atoms with Crippen LogP contribution in [-0.4, -0.2) is 11.7 Å². The molecule has 1 aromatic carbocycles. The van der Waals surface area contributed by atoms with Crippen molar-refractivity contribution >= 4 is 11.7 Å². The Labute approximate surface area is 87.3 Å². The SMILES string of the molecule is CC(=O)CC(=O)NCc1ccccc1F. The Bertz CT molecular complexity index is 377. The lowest BCUT2D eigenvalue weighted by atomic mass is 10.2. The Kier molecular flexibility index (Phi) is 3.97. The van der Waals surface area contributed by atoms with E-state index in [4.69, 9.17) is 0 Å². The second-order valence-electron chi connectivity index (χ2n) is 3.25. The average molecular weight is 209 g/mol. The van der Waals surface area contributed by atoms with Gasteiger partial charge in [-0.25, -0.2) is 4.39 Å². The molecule has 0 spiro atoms. The molecule has 0 saturated carbocycles. The van der Waals surface area contributed by atoms with E-state index >= 15 is 0 Å². The van der Waals surface area contributed by atoms with Crippen LogP contribution in [0, 0.1) is 5.82 Å². The van der Waals surface area contributed by atoms with E-state index in [1.165, 1.54) is 13.0 Å². The summed E-state index contributed by atoms with van der Waals surface area (Å²) in [5.41, 5.74) is 0.411. The molecule has 0 heterocycles. The first-order valence-corrected chi connectivity index (χ1v) is 4.59. The first kappa shape index (κ1) is 11.4. The van der Waals surface area contributed by atoms with Crippen molar-refractivity contribution < 1.29 is 14.0 Å². The van der Waals surface area contributed by atoms with Crippen molar-refractivity contribution in [3.05, 3.63) is 35.6 Å². The molecule has 1 N–H and O–H groups in total. The monoisotopic (exact) mass is 209 g/mol. The fourth-order valence-corrected chi connectivity index (χ4v) is 1.12. The fourth-order valence-electron chi connectivity index (χ4n) is 1.12. The summed E-state index contributed by atoms with van der Waals surface area (Å²) in [5.74, 6) is -0.951. The molecule has 0 radical (unpaired) electrons. The number of nitrogens with one attached hydrogen (secondary N) is 1. The van der Waals surface area contributed by atoms with Crippen LogP contribution >= 0.6 is 0 Å². The molecule has 1 amide bonds. The molecule has 3 nitrogen and oxygen atoms in total. The van der Waals surface area contributed by atoms with Gasteiger partial charge in [-0.3, -0.25) is 9.59 Å². The quantitative estimate of drug-likeness (QED) is 0.762. The summed E-state index contributed by atoms with van der Waals surface area (Å²) >= 11 is 0.